The molecule has 0 saturated heterocycles. The van der Waals surface area contributed by atoms with Gasteiger partial charge in [0.25, 0.3) is 0 Å². The maximum atomic E-state index is 12.2. The summed E-state index contributed by atoms with van der Waals surface area (Å²) in [6.07, 6.45) is 7.49. The van der Waals surface area contributed by atoms with Crippen LogP contribution in [0.25, 0.3) is 0 Å². The molecule has 17 heavy (non-hydrogen) atoms. The van der Waals surface area contributed by atoms with Gasteiger partial charge in [-0.3, -0.25) is 4.79 Å². The fourth-order valence-corrected chi connectivity index (χ4v) is 4.10. The summed E-state index contributed by atoms with van der Waals surface area (Å²) in [5, 5.41) is 3.16. The third-order valence-corrected chi connectivity index (χ3v) is 5.53. The maximum Gasteiger partial charge on any atom is 0.224 e. The highest BCUT2D eigenvalue weighted by atomic mass is 16.1. The number of fused-ring (bicyclic) bond motifs is 2. The molecule has 0 aromatic rings. The van der Waals surface area contributed by atoms with Crippen molar-refractivity contribution >= 4 is 5.91 Å². The topological polar surface area (TPSA) is 55.1 Å². The lowest BCUT2D eigenvalue weighted by Gasteiger charge is -2.39. The molecule has 0 aliphatic heterocycles. The molecule has 3 rings (SSSR count). The number of nitrogens with one attached hydrogen (secondary N) is 1. The molecule has 3 aliphatic rings. The minimum atomic E-state index is 0.109. The van der Waals surface area contributed by atoms with E-state index in [9.17, 15) is 4.79 Å². The van der Waals surface area contributed by atoms with Gasteiger partial charge in [0.2, 0.25) is 5.91 Å². The average Bonchev–Trinajstić information content (AvgIpc) is 2.83. The Bertz CT molecular complexity index is 322. The van der Waals surface area contributed by atoms with E-state index in [1.54, 1.807) is 0 Å². The predicted octanol–water partition coefficient (Wildman–Crippen LogP) is 1.67. The van der Waals surface area contributed by atoms with Gasteiger partial charge in [-0.25, -0.2) is 0 Å². The van der Waals surface area contributed by atoms with Gasteiger partial charge in [-0.15, -0.1) is 0 Å². The van der Waals surface area contributed by atoms with Crippen molar-refractivity contribution in [2.75, 3.05) is 6.54 Å². The quantitative estimate of drug-likeness (QED) is 0.783. The van der Waals surface area contributed by atoms with Gasteiger partial charge < -0.3 is 11.1 Å². The summed E-state index contributed by atoms with van der Waals surface area (Å²) in [6.45, 7) is 3.13. The molecule has 96 valence electrons. The van der Waals surface area contributed by atoms with E-state index in [1.807, 2.05) is 0 Å². The van der Waals surface area contributed by atoms with E-state index >= 15 is 0 Å². The lowest BCUT2D eigenvalue weighted by atomic mass is 9.70. The highest BCUT2D eigenvalue weighted by Crippen LogP contribution is 2.47. The largest absolute Gasteiger partial charge is 0.355 e. The molecule has 4 atom stereocenters. The van der Waals surface area contributed by atoms with E-state index in [0.29, 0.717) is 17.3 Å². The SMILES string of the molecule is CC1(CNC(=O)[C@H]2[C@H]3CC[C@H](C3)[C@H]2N)CCC1. The van der Waals surface area contributed by atoms with Crippen molar-refractivity contribution in [3.05, 3.63) is 0 Å². The Labute approximate surface area is 104 Å². The van der Waals surface area contributed by atoms with Crippen molar-refractivity contribution in [3.63, 3.8) is 0 Å². The van der Waals surface area contributed by atoms with Crippen molar-refractivity contribution in [1.29, 1.82) is 0 Å². The molecule has 3 nitrogen and oxygen atoms in total. The number of hydrogen-bond donors (Lipinski definition) is 2. The maximum absolute atomic E-state index is 12.2. The second-order valence-electron chi connectivity index (χ2n) is 6.82. The molecule has 3 fully saturated rings. The zero-order chi connectivity index (χ0) is 12.0. The highest BCUT2D eigenvalue weighted by Gasteiger charge is 2.49. The van der Waals surface area contributed by atoms with Crippen LogP contribution in [0.3, 0.4) is 0 Å². The summed E-state index contributed by atoms with van der Waals surface area (Å²) in [7, 11) is 0. The molecule has 3 saturated carbocycles. The lowest BCUT2D eigenvalue weighted by molar-refractivity contribution is -0.127. The van der Waals surface area contributed by atoms with Crippen LogP contribution in [0.2, 0.25) is 0 Å². The van der Waals surface area contributed by atoms with Gasteiger partial charge in [0, 0.05) is 12.6 Å². The molecule has 3 aliphatic carbocycles. The first-order chi connectivity index (χ1) is 8.09. The standard InChI is InChI=1S/C14H24N2O/c1-14(5-2-6-14)8-16-13(17)11-9-3-4-10(7-9)12(11)15/h9-12H,2-8,15H2,1H3,(H,16,17)/t9-,10+,11-,12+/m0/s1. The van der Waals surface area contributed by atoms with Crippen LogP contribution in [0.5, 0.6) is 0 Å². The number of nitrogens with two attached hydrogens (primary N) is 1. The summed E-state index contributed by atoms with van der Waals surface area (Å²) in [5.74, 6) is 1.54. The van der Waals surface area contributed by atoms with E-state index in [0.717, 1.165) is 6.54 Å². The summed E-state index contributed by atoms with van der Waals surface area (Å²) >= 11 is 0. The Kier molecular flexibility index (Phi) is 2.69. The molecular formula is C14H24N2O. The Hall–Kier alpha value is -0.570. The first kappa shape index (κ1) is 11.5. The van der Waals surface area contributed by atoms with Crippen LogP contribution in [0.4, 0.5) is 0 Å². The zero-order valence-electron chi connectivity index (χ0n) is 10.7. The van der Waals surface area contributed by atoms with Crippen LogP contribution >= 0.6 is 0 Å². The van der Waals surface area contributed by atoms with E-state index in [-0.39, 0.29) is 17.9 Å². The number of carbonyl (C=O) groups excluding carboxylic acids is 1. The molecular weight excluding hydrogens is 212 g/mol. The van der Waals surface area contributed by atoms with Gasteiger partial charge in [0.15, 0.2) is 0 Å². The molecule has 0 aromatic heterocycles. The molecule has 0 spiro atoms. The van der Waals surface area contributed by atoms with Gasteiger partial charge >= 0.3 is 0 Å². The van der Waals surface area contributed by atoms with Crippen LogP contribution in [0, 0.1) is 23.2 Å². The molecule has 3 N–H and O–H groups in total. The van der Waals surface area contributed by atoms with Crippen molar-refractivity contribution in [2.24, 2.45) is 28.9 Å². The molecule has 1 amide bonds. The average molecular weight is 236 g/mol. The normalized spacial score (nSPS) is 42.2. The molecule has 0 radical (unpaired) electrons. The van der Waals surface area contributed by atoms with Gasteiger partial charge in [-0.05, 0) is 49.4 Å². The first-order valence-corrected chi connectivity index (χ1v) is 7.12. The summed E-state index contributed by atoms with van der Waals surface area (Å²) in [4.78, 5) is 12.2. The van der Waals surface area contributed by atoms with E-state index in [4.69, 9.17) is 5.73 Å². The van der Waals surface area contributed by atoms with Gasteiger partial charge in [-0.2, -0.15) is 0 Å². The summed E-state index contributed by atoms with van der Waals surface area (Å²) in [5.41, 5.74) is 6.56. The van der Waals surface area contributed by atoms with Crippen molar-refractivity contribution in [1.82, 2.24) is 5.32 Å². The third kappa shape index (κ3) is 1.88. The Balaban J connectivity index is 1.56. The number of amides is 1. The van der Waals surface area contributed by atoms with Crippen LogP contribution in [-0.2, 0) is 4.79 Å². The first-order valence-electron chi connectivity index (χ1n) is 7.12. The van der Waals surface area contributed by atoms with Crippen molar-refractivity contribution in [2.45, 2.75) is 51.5 Å². The van der Waals surface area contributed by atoms with Crippen molar-refractivity contribution < 1.29 is 4.79 Å². The minimum Gasteiger partial charge on any atom is -0.355 e. The Morgan fingerprint density at radius 2 is 2.06 bits per heavy atom. The molecule has 0 heterocycles. The van der Waals surface area contributed by atoms with Gasteiger partial charge in [0.1, 0.15) is 0 Å². The van der Waals surface area contributed by atoms with Crippen LogP contribution in [-0.4, -0.2) is 18.5 Å². The summed E-state index contributed by atoms with van der Waals surface area (Å²) in [6, 6.07) is 0.128. The van der Waals surface area contributed by atoms with Crippen LogP contribution in [0.15, 0.2) is 0 Å². The number of rotatable bonds is 3. The lowest BCUT2D eigenvalue weighted by Crippen LogP contribution is -2.48. The van der Waals surface area contributed by atoms with E-state index in [1.165, 1.54) is 38.5 Å². The Morgan fingerprint density at radius 3 is 2.59 bits per heavy atom. The fourth-order valence-electron chi connectivity index (χ4n) is 4.10. The van der Waals surface area contributed by atoms with Crippen LogP contribution in [0.1, 0.15) is 45.4 Å². The predicted molar refractivity (Wildman–Crippen MR) is 67.3 cm³/mol. The monoisotopic (exact) mass is 236 g/mol. The highest BCUT2D eigenvalue weighted by molar-refractivity contribution is 5.80. The van der Waals surface area contributed by atoms with E-state index < -0.39 is 0 Å². The van der Waals surface area contributed by atoms with Crippen LogP contribution < -0.4 is 11.1 Å². The molecule has 0 unspecified atom stereocenters. The molecule has 2 bridgehead atoms. The smallest absolute Gasteiger partial charge is 0.224 e. The minimum absolute atomic E-state index is 0.109. The molecule has 3 heteroatoms. The second kappa shape index (κ2) is 3.98. The van der Waals surface area contributed by atoms with Crippen molar-refractivity contribution in [3.8, 4) is 0 Å². The van der Waals surface area contributed by atoms with Gasteiger partial charge in [-0.1, -0.05) is 13.3 Å². The Morgan fingerprint density at radius 1 is 1.35 bits per heavy atom. The third-order valence-electron chi connectivity index (χ3n) is 5.53. The van der Waals surface area contributed by atoms with Gasteiger partial charge in [0.05, 0.1) is 5.92 Å². The number of carbonyl (C=O) groups is 1. The summed E-state index contributed by atoms with van der Waals surface area (Å²) < 4.78 is 0. The van der Waals surface area contributed by atoms with E-state index in [2.05, 4.69) is 12.2 Å². The zero-order valence-corrected chi connectivity index (χ0v) is 10.7. The molecule has 0 aromatic carbocycles. The second-order valence-corrected chi connectivity index (χ2v) is 6.82. The fraction of sp³-hybridized carbons (Fsp3) is 0.929. The number of hydrogen-bond acceptors (Lipinski definition) is 2.